The molecule has 5 N–H and O–H groups in total. The number of likely N-dealkylation sites (tertiary alicyclic amines) is 1. The molecule has 2 aliphatic rings. The quantitative estimate of drug-likeness (QED) is 0.155. The van der Waals surface area contributed by atoms with Crippen LogP contribution in [0.4, 0.5) is 43.9 Å². The van der Waals surface area contributed by atoms with Crippen LogP contribution in [0.25, 0.3) is 22.2 Å². The molecular weight excluding hydrogens is 573 g/mol. The second-order valence-electron chi connectivity index (χ2n) is 10.6. The standard InChI is InChI=1S/C23H18F4N6O2.C6H12FN/c24-16-7-11(14-9-33(13-3-4-13)21-19(14)20(28)29-10-30-21)1-5-17(16)32-22(35)31-12-2-6-18(34)15(8-12)23(25,26)27;1-8-4-2-3-6(7)5-8/h1-2,5-10,13,34H,3-4H2,(H2,28,29,30)(H2,31,32,35);6H,2-5H2,1H3. The maximum absolute atomic E-state index is 14.9. The van der Waals surface area contributed by atoms with Gasteiger partial charge in [-0.2, -0.15) is 13.2 Å². The highest BCUT2D eigenvalue weighted by atomic mass is 19.4. The SMILES string of the molecule is CN1CCCC(F)C1.Nc1ncnc2c1c(-c1ccc(NC(=O)Nc3ccc(O)c(C(F)(F)F)c3)c(F)c1)cn2C1CC1. The van der Waals surface area contributed by atoms with Gasteiger partial charge in [-0.15, -0.1) is 0 Å². The van der Waals surface area contributed by atoms with Crippen molar-refractivity contribution in [2.75, 3.05) is 36.5 Å². The van der Waals surface area contributed by atoms with Crippen LogP contribution in [0.1, 0.15) is 37.3 Å². The lowest BCUT2D eigenvalue weighted by atomic mass is 10.1. The highest BCUT2D eigenvalue weighted by molar-refractivity contribution is 6.02. The number of anilines is 3. The molecule has 0 spiro atoms. The number of nitrogens with two attached hydrogens (primary N) is 1. The van der Waals surface area contributed by atoms with Crippen LogP contribution in [0.3, 0.4) is 0 Å². The number of phenolic OH excluding ortho intramolecular Hbond substituents is 1. The van der Waals surface area contributed by atoms with E-state index in [1.54, 1.807) is 6.07 Å². The number of fused-ring (bicyclic) bond motifs is 1. The number of hydrogen-bond donors (Lipinski definition) is 4. The van der Waals surface area contributed by atoms with Crippen molar-refractivity contribution >= 4 is 34.3 Å². The zero-order valence-electron chi connectivity index (χ0n) is 23.1. The number of carbonyl (C=O) groups is 1. The fraction of sp³-hybridized carbons (Fsp3) is 0.345. The van der Waals surface area contributed by atoms with E-state index in [9.17, 15) is 31.9 Å². The van der Waals surface area contributed by atoms with Crippen LogP contribution in [0.2, 0.25) is 0 Å². The summed E-state index contributed by atoms with van der Waals surface area (Å²) in [6.45, 7) is 1.71. The highest BCUT2D eigenvalue weighted by Gasteiger charge is 2.34. The summed E-state index contributed by atoms with van der Waals surface area (Å²) in [5.41, 5.74) is 6.15. The molecule has 1 aliphatic carbocycles. The van der Waals surface area contributed by atoms with Gasteiger partial charge in [0, 0.05) is 30.0 Å². The second kappa shape index (κ2) is 12.0. The zero-order valence-corrected chi connectivity index (χ0v) is 23.1. The summed E-state index contributed by atoms with van der Waals surface area (Å²) < 4.78 is 68.2. The first-order chi connectivity index (χ1) is 20.4. The smallest absolute Gasteiger partial charge is 0.420 e. The Morgan fingerprint density at radius 2 is 1.86 bits per heavy atom. The third kappa shape index (κ3) is 6.96. The van der Waals surface area contributed by atoms with E-state index in [-0.39, 0.29) is 17.2 Å². The normalized spacial score (nSPS) is 17.3. The lowest BCUT2D eigenvalue weighted by Gasteiger charge is -2.24. The van der Waals surface area contributed by atoms with Crippen LogP contribution in [0, 0.1) is 5.82 Å². The predicted molar refractivity (Wildman–Crippen MR) is 153 cm³/mol. The Morgan fingerprint density at radius 3 is 2.49 bits per heavy atom. The lowest BCUT2D eigenvalue weighted by molar-refractivity contribution is -0.138. The molecule has 1 unspecified atom stereocenters. The van der Waals surface area contributed by atoms with Gasteiger partial charge in [0.1, 0.15) is 35.5 Å². The van der Waals surface area contributed by atoms with Gasteiger partial charge in [0.05, 0.1) is 16.6 Å². The van der Waals surface area contributed by atoms with Crippen molar-refractivity contribution in [3.05, 3.63) is 60.3 Å². The maximum atomic E-state index is 14.9. The largest absolute Gasteiger partial charge is 0.507 e. The summed E-state index contributed by atoms with van der Waals surface area (Å²) in [6.07, 6.45) is 1.66. The first kappa shape index (κ1) is 30.0. The monoisotopic (exact) mass is 603 g/mol. The Bertz CT molecular complexity index is 1630. The van der Waals surface area contributed by atoms with Gasteiger partial charge in [0.25, 0.3) is 0 Å². The molecule has 2 aromatic heterocycles. The third-order valence-electron chi connectivity index (χ3n) is 7.23. The third-order valence-corrected chi connectivity index (χ3v) is 7.23. The molecule has 43 heavy (non-hydrogen) atoms. The molecule has 3 heterocycles. The van der Waals surface area contributed by atoms with Crippen LogP contribution in [0.5, 0.6) is 5.75 Å². The minimum Gasteiger partial charge on any atom is -0.507 e. The number of hydrogen-bond acceptors (Lipinski definition) is 6. The number of urea groups is 1. The number of piperidine rings is 1. The number of nitrogen functional groups attached to an aromatic ring is 1. The molecule has 6 rings (SSSR count). The van der Waals surface area contributed by atoms with Gasteiger partial charge in [-0.3, -0.25) is 0 Å². The maximum Gasteiger partial charge on any atom is 0.420 e. The van der Waals surface area contributed by atoms with Crippen molar-refractivity contribution in [2.24, 2.45) is 0 Å². The number of rotatable bonds is 4. The average molecular weight is 604 g/mol. The van der Waals surface area contributed by atoms with E-state index in [0.717, 1.165) is 44.4 Å². The summed E-state index contributed by atoms with van der Waals surface area (Å²) in [4.78, 5) is 22.7. The van der Waals surface area contributed by atoms with Gasteiger partial charge in [0.2, 0.25) is 0 Å². The fourth-order valence-electron chi connectivity index (χ4n) is 4.97. The number of aromatic hydroxyl groups is 1. The van der Waals surface area contributed by atoms with Crippen LogP contribution < -0.4 is 16.4 Å². The van der Waals surface area contributed by atoms with Crippen LogP contribution in [-0.2, 0) is 6.18 Å². The van der Waals surface area contributed by atoms with Gasteiger partial charge in [-0.05, 0) is 75.2 Å². The molecule has 4 aromatic rings. The molecule has 1 saturated heterocycles. The Hall–Kier alpha value is -4.46. The van der Waals surface area contributed by atoms with Gasteiger partial charge in [0.15, 0.2) is 0 Å². The fourth-order valence-corrected chi connectivity index (χ4v) is 4.97. The minimum atomic E-state index is -4.81. The molecule has 0 bridgehead atoms. The summed E-state index contributed by atoms with van der Waals surface area (Å²) in [5, 5.41) is 14.5. The van der Waals surface area contributed by atoms with Crippen molar-refractivity contribution in [1.82, 2.24) is 19.4 Å². The van der Waals surface area contributed by atoms with E-state index >= 15 is 0 Å². The summed E-state index contributed by atoms with van der Waals surface area (Å²) >= 11 is 0. The Morgan fingerprint density at radius 1 is 1.09 bits per heavy atom. The van der Waals surface area contributed by atoms with Crippen molar-refractivity contribution in [3.8, 4) is 16.9 Å². The molecular formula is C29H30F5N7O2. The van der Waals surface area contributed by atoms with Crippen LogP contribution in [-0.4, -0.2) is 56.9 Å². The number of benzene rings is 2. The first-order valence-electron chi connectivity index (χ1n) is 13.6. The number of amides is 2. The molecule has 1 atom stereocenters. The molecule has 9 nitrogen and oxygen atoms in total. The van der Waals surface area contributed by atoms with E-state index in [4.69, 9.17) is 5.73 Å². The summed E-state index contributed by atoms with van der Waals surface area (Å²) in [5.74, 6) is -1.47. The average Bonchev–Trinajstić information content (AvgIpc) is 3.70. The van der Waals surface area contributed by atoms with Gasteiger partial charge in [-0.1, -0.05) is 6.07 Å². The zero-order chi connectivity index (χ0) is 30.9. The number of nitrogens with zero attached hydrogens (tertiary/aromatic N) is 4. The van der Waals surface area contributed by atoms with E-state index < -0.39 is 35.5 Å². The van der Waals surface area contributed by atoms with Gasteiger partial charge < -0.3 is 30.9 Å². The van der Waals surface area contributed by atoms with E-state index in [2.05, 4.69) is 20.6 Å². The Kier molecular flexibility index (Phi) is 8.40. The van der Waals surface area contributed by atoms with Crippen molar-refractivity contribution < 1.29 is 31.9 Å². The van der Waals surface area contributed by atoms with Gasteiger partial charge >= 0.3 is 12.2 Å². The predicted octanol–water partition coefficient (Wildman–Crippen LogP) is 6.57. The molecule has 228 valence electrons. The summed E-state index contributed by atoms with van der Waals surface area (Å²) in [6, 6.07) is 5.95. The minimum absolute atomic E-state index is 0.184. The first-order valence-corrected chi connectivity index (χ1v) is 13.6. The Balaban J connectivity index is 0.000000400. The molecule has 2 amide bonds. The van der Waals surface area contributed by atoms with E-state index in [0.29, 0.717) is 40.8 Å². The highest BCUT2D eigenvalue weighted by Crippen LogP contribution is 2.42. The number of phenols is 1. The van der Waals surface area contributed by atoms with Crippen molar-refractivity contribution in [2.45, 2.75) is 44.1 Å². The molecule has 14 heteroatoms. The van der Waals surface area contributed by atoms with Crippen LogP contribution in [0.15, 0.2) is 48.9 Å². The van der Waals surface area contributed by atoms with Gasteiger partial charge in [-0.25, -0.2) is 23.5 Å². The molecule has 2 aromatic carbocycles. The Labute approximate surface area is 243 Å². The van der Waals surface area contributed by atoms with E-state index in [1.165, 1.54) is 18.5 Å². The topological polar surface area (TPSA) is 121 Å². The molecule has 0 radical (unpaired) electrons. The molecule has 1 saturated carbocycles. The van der Waals surface area contributed by atoms with Crippen LogP contribution >= 0.6 is 0 Å². The number of alkyl halides is 4. The second-order valence-corrected chi connectivity index (χ2v) is 10.6. The number of carbonyl (C=O) groups excluding carboxylic acids is 1. The molecule has 1 aliphatic heterocycles. The number of nitrogens with one attached hydrogen (secondary N) is 2. The van der Waals surface area contributed by atoms with Crippen molar-refractivity contribution in [1.29, 1.82) is 0 Å². The molecule has 2 fully saturated rings. The summed E-state index contributed by atoms with van der Waals surface area (Å²) in [7, 11) is 1.96. The number of halogens is 5. The number of aromatic nitrogens is 3. The van der Waals surface area contributed by atoms with E-state index in [1.807, 2.05) is 22.7 Å². The van der Waals surface area contributed by atoms with Crippen molar-refractivity contribution in [3.63, 3.8) is 0 Å². The lowest BCUT2D eigenvalue weighted by Crippen LogP contribution is -2.32.